The van der Waals surface area contributed by atoms with E-state index in [1.165, 1.54) is 24.3 Å². The number of furan rings is 1. The van der Waals surface area contributed by atoms with Crippen LogP contribution in [0.25, 0.3) is 0 Å². The molecule has 0 aliphatic carbocycles. The lowest BCUT2D eigenvalue weighted by molar-refractivity contribution is 0.0792. The first-order valence-corrected chi connectivity index (χ1v) is 9.76. The van der Waals surface area contributed by atoms with Crippen molar-refractivity contribution in [2.75, 3.05) is 18.4 Å². The minimum absolute atomic E-state index is 0.0159. The monoisotopic (exact) mass is 408 g/mol. The van der Waals surface area contributed by atoms with Crippen molar-refractivity contribution in [2.24, 2.45) is 0 Å². The number of benzene rings is 2. The van der Waals surface area contributed by atoms with Gasteiger partial charge in [0.15, 0.2) is 5.76 Å². The van der Waals surface area contributed by atoms with Gasteiger partial charge in [0.05, 0.1) is 0 Å². The van der Waals surface area contributed by atoms with Crippen molar-refractivity contribution < 1.29 is 23.1 Å². The summed E-state index contributed by atoms with van der Waals surface area (Å²) in [4.78, 5) is 26.6. The van der Waals surface area contributed by atoms with Gasteiger partial charge in [-0.05, 0) is 73.5 Å². The van der Waals surface area contributed by atoms with E-state index in [1.807, 2.05) is 4.90 Å². The van der Waals surface area contributed by atoms with Crippen LogP contribution in [-0.4, -0.2) is 29.8 Å². The van der Waals surface area contributed by atoms with Crippen molar-refractivity contribution in [1.29, 1.82) is 0 Å². The Morgan fingerprint density at radius 3 is 2.37 bits per heavy atom. The number of amides is 2. The molecule has 1 aromatic heterocycles. The average Bonchev–Trinajstić information content (AvgIpc) is 3.46. The van der Waals surface area contributed by atoms with Crippen molar-refractivity contribution in [3.8, 4) is 5.75 Å². The summed E-state index contributed by atoms with van der Waals surface area (Å²) in [5, 5.41) is 2.75. The van der Waals surface area contributed by atoms with Crippen molar-refractivity contribution in [1.82, 2.24) is 4.90 Å². The van der Waals surface area contributed by atoms with Crippen LogP contribution in [0.15, 0.2) is 65.1 Å². The Morgan fingerprint density at radius 2 is 1.67 bits per heavy atom. The first kappa shape index (κ1) is 19.7. The van der Waals surface area contributed by atoms with Crippen molar-refractivity contribution in [3.63, 3.8) is 0 Å². The molecule has 1 aliphatic rings. The third-order valence-corrected chi connectivity index (χ3v) is 4.86. The number of anilines is 1. The fraction of sp³-hybridized carbons (Fsp3) is 0.217. The number of hydrogen-bond acceptors (Lipinski definition) is 4. The van der Waals surface area contributed by atoms with Gasteiger partial charge in [-0.1, -0.05) is 0 Å². The van der Waals surface area contributed by atoms with Crippen molar-refractivity contribution in [2.45, 2.75) is 19.4 Å². The number of carbonyl (C=O) groups excluding carboxylic acids is 2. The second-order valence-corrected chi connectivity index (χ2v) is 7.04. The Kier molecular flexibility index (Phi) is 5.79. The largest absolute Gasteiger partial charge is 0.486 e. The van der Waals surface area contributed by atoms with Crippen LogP contribution >= 0.6 is 0 Å². The van der Waals surface area contributed by atoms with Crippen LogP contribution in [-0.2, 0) is 6.61 Å². The molecule has 0 saturated carbocycles. The van der Waals surface area contributed by atoms with Gasteiger partial charge in [0.25, 0.3) is 11.8 Å². The van der Waals surface area contributed by atoms with E-state index in [4.69, 9.17) is 9.15 Å². The minimum atomic E-state index is -0.401. The number of ether oxygens (including phenoxy) is 1. The van der Waals surface area contributed by atoms with Gasteiger partial charge in [-0.2, -0.15) is 0 Å². The predicted octanol–water partition coefficient (Wildman–Crippen LogP) is 4.49. The van der Waals surface area contributed by atoms with Gasteiger partial charge < -0.3 is 19.4 Å². The van der Waals surface area contributed by atoms with Gasteiger partial charge in [0.2, 0.25) is 0 Å². The highest BCUT2D eigenvalue weighted by atomic mass is 19.1. The molecule has 2 amide bonds. The van der Waals surface area contributed by atoms with Gasteiger partial charge in [-0.15, -0.1) is 0 Å². The maximum Gasteiger partial charge on any atom is 0.291 e. The second kappa shape index (κ2) is 8.82. The maximum absolute atomic E-state index is 12.9. The molecule has 2 aromatic carbocycles. The third kappa shape index (κ3) is 4.68. The smallest absolute Gasteiger partial charge is 0.291 e. The van der Waals surface area contributed by atoms with Gasteiger partial charge in [-0.3, -0.25) is 9.59 Å². The Balaban J connectivity index is 1.32. The fourth-order valence-electron chi connectivity index (χ4n) is 3.25. The molecule has 0 bridgehead atoms. The van der Waals surface area contributed by atoms with Crippen LogP contribution in [0.5, 0.6) is 5.75 Å². The molecule has 3 aromatic rings. The molecular formula is C23H21FN2O4. The van der Waals surface area contributed by atoms with Crippen LogP contribution in [0.3, 0.4) is 0 Å². The summed E-state index contributed by atoms with van der Waals surface area (Å²) in [7, 11) is 0. The number of nitrogens with one attached hydrogen (secondary N) is 1. The predicted molar refractivity (Wildman–Crippen MR) is 109 cm³/mol. The molecule has 1 N–H and O–H groups in total. The van der Waals surface area contributed by atoms with Crippen LogP contribution in [0.1, 0.15) is 39.5 Å². The summed E-state index contributed by atoms with van der Waals surface area (Å²) in [5.41, 5.74) is 1.17. The van der Waals surface area contributed by atoms with Crippen LogP contribution in [0.4, 0.5) is 10.1 Å². The quantitative estimate of drug-likeness (QED) is 0.653. The molecule has 1 saturated heterocycles. The highest BCUT2D eigenvalue weighted by Gasteiger charge is 2.19. The van der Waals surface area contributed by atoms with E-state index >= 15 is 0 Å². The van der Waals surface area contributed by atoms with E-state index in [2.05, 4.69) is 5.32 Å². The molecule has 0 unspecified atom stereocenters. The van der Waals surface area contributed by atoms with Gasteiger partial charge >= 0.3 is 0 Å². The molecule has 154 valence electrons. The lowest BCUT2D eigenvalue weighted by atomic mass is 10.2. The molecule has 4 rings (SSSR count). The van der Waals surface area contributed by atoms with E-state index in [9.17, 15) is 14.0 Å². The Bertz CT molecular complexity index is 1020. The summed E-state index contributed by atoms with van der Waals surface area (Å²) in [6, 6.07) is 15.7. The SMILES string of the molecule is O=C(Nc1ccc(C(=O)N2CCCC2)cc1)c1ccc(COc2ccc(F)cc2)o1. The summed E-state index contributed by atoms with van der Waals surface area (Å²) in [5.74, 6) is 0.389. The Hall–Kier alpha value is -3.61. The topological polar surface area (TPSA) is 71.8 Å². The van der Waals surface area contributed by atoms with Crippen LogP contribution in [0.2, 0.25) is 0 Å². The van der Waals surface area contributed by atoms with Crippen molar-refractivity contribution in [3.05, 3.63) is 83.6 Å². The molecule has 0 radical (unpaired) electrons. The molecule has 1 aliphatic heterocycles. The molecule has 6 nitrogen and oxygen atoms in total. The third-order valence-electron chi connectivity index (χ3n) is 4.86. The zero-order valence-corrected chi connectivity index (χ0v) is 16.3. The summed E-state index contributed by atoms with van der Waals surface area (Å²) in [6.07, 6.45) is 2.08. The standard InChI is InChI=1S/C23H21FN2O4/c24-17-5-9-19(10-6-17)29-15-20-11-12-21(30-20)22(27)25-18-7-3-16(4-8-18)23(28)26-13-1-2-14-26/h3-12H,1-2,13-15H2,(H,25,27). The van der Waals surface area contributed by atoms with Gasteiger partial charge in [0, 0.05) is 24.3 Å². The number of carbonyl (C=O) groups is 2. The number of nitrogens with zero attached hydrogens (tertiary/aromatic N) is 1. The van der Waals surface area contributed by atoms with E-state index in [0.717, 1.165) is 25.9 Å². The van der Waals surface area contributed by atoms with E-state index in [1.54, 1.807) is 36.4 Å². The summed E-state index contributed by atoms with van der Waals surface area (Å²) < 4.78 is 23.9. The first-order chi connectivity index (χ1) is 14.6. The molecule has 0 spiro atoms. The highest BCUT2D eigenvalue weighted by Crippen LogP contribution is 2.18. The number of rotatable bonds is 6. The Labute approximate surface area is 173 Å². The zero-order valence-electron chi connectivity index (χ0n) is 16.3. The van der Waals surface area contributed by atoms with Crippen LogP contribution < -0.4 is 10.1 Å². The zero-order chi connectivity index (χ0) is 20.9. The molecule has 30 heavy (non-hydrogen) atoms. The van der Waals surface area contributed by atoms with E-state index in [0.29, 0.717) is 22.8 Å². The molecule has 2 heterocycles. The lowest BCUT2D eigenvalue weighted by Crippen LogP contribution is -2.27. The second-order valence-electron chi connectivity index (χ2n) is 7.04. The molecule has 0 atom stereocenters. The maximum atomic E-state index is 12.9. The highest BCUT2D eigenvalue weighted by molar-refractivity contribution is 6.02. The molecule has 1 fully saturated rings. The summed E-state index contributed by atoms with van der Waals surface area (Å²) in [6.45, 7) is 1.71. The molecule has 7 heteroatoms. The fourth-order valence-corrected chi connectivity index (χ4v) is 3.25. The Morgan fingerprint density at radius 1 is 0.967 bits per heavy atom. The number of hydrogen-bond donors (Lipinski definition) is 1. The van der Waals surface area contributed by atoms with Gasteiger partial charge in [0.1, 0.15) is 23.9 Å². The van der Waals surface area contributed by atoms with Crippen molar-refractivity contribution >= 4 is 17.5 Å². The van der Waals surface area contributed by atoms with E-state index < -0.39 is 5.91 Å². The number of halogens is 1. The van der Waals surface area contributed by atoms with Gasteiger partial charge in [-0.25, -0.2) is 4.39 Å². The van der Waals surface area contributed by atoms with E-state index in [-0.39, 0.29) is 24.1 Å². The molecular weight excluding hydrogens is 387 g/mol. The first-order valence-electron chi connectivity index (χ1n) is 9.76. The normalized spacial score (nSPS) is 13.3. The van der Waals surface area contributed by atoms with Crippen LogP contribution in [0, 0.1) is 5.82 Å². The average molecular weight is 408 g/mol. The summed E-state index contributed by atoms with van der Waals surface area (Å²) >= 11 is 0. The lowest BCUT2D eigenvalue weighted by Gasteiger charge is -2.15. The number of likely N-dealkylation sites (tertiary alicyclic amines) is 1. The minimum Gasteiger partial charge on any atom is -0.486 e.